The average Bonchev–Trinajstić information content (AvgIpc) is 3.57. The predicted molar refractivity (Wildman–Crippen MR) is 163 cm³/mol. The molecule has 2 fully saturated rings. The molecule has 0 saturated carbocycles. The van der Waals surface area contributed by atoms with E-state index in [1.807, 2.05) is 4.52 Å². The number of H-pyrrole nitrogens is 1. The number of nitrogens with one attached hydrogen (secondary N) is 1. The van der Waals surface area contributed by atoms with Gasteiger partial charge >= 0.3 is 0 Å². The van der Waals surface area contributed by atoms with Gasteiger partial charge in [0.05, 0.1) is 17.9 Å². The highest BCUT2D eigenvalue weighted by Crippen LogP contribution is 2.40. The van der Waals surface area contributed by atoms with E-state index in [0.717, 1.165) is 56.8 Å². The van der Waals surface area contributed by atoms with Gasteiger partial charge in [0, 0.05) is 61.8 Å². The number of fused-ring (bicyclic) bond motifs is 2. The lowest BCUT2D eigenvalue weighted by Crippen LogP contribution is -2.47. The number of amides is 1. The number of hydrogen-bond donors (Lipinski definition) is 1. The molecule has 2 unspecified atom stereocenters. The number of ether oxygens (including phenoxy) is 1. The summed E-state index contributed by atoms with van der Waals surface area (Å²) in [6.07, 6.45) is 6.82. The highest BCUT2D eigenvalue weighted by molar-refractivity contribution is 5.92. The van der Waals surface area contributed by atoms with E-state index in [1.165, 1.54) is 38.9 Å². The van der Waals surface area contributed by atoms with Crippen LogP contribution in [0.1, 0.15) is 81.0 Å². The highest BCUT2D eigenvalue weighted by atomic mass is 16.5. The number of rotatable bonds is 6. The Balaban J connectivity index is 1.18. The Morgan fingerprint density at radius 1 is 1.10 bits per heavy atom. The third-order valence-electron chi connectivity index (χ3n) is 9.29. The summed E-state index contributed by atoms with van der Waals surface area (Å²) in [5, 5.41) is 5.73. The monoisotopic (exact) mass is 556 g/mol. The van der Waals surface area contributed by atoms with Gasteiger partial charge in [0.1, 0.15) is 6.33 Å². The molecule has 0 radical (unpaired) electrons. The fourth-order valence-electron chi connectivity index (χ4n) is 7.09. The van der Waals surface area contributed by atoms with E-state index in [2.05, 4.69) is 90.8 Å². The number of carbonyl (C=O) groups excluding carboxylic acids is 1. The lowest BCUT2D eigenvalue weighted by molar-refractivity contribution is -0.133. The molecule has 0 aliphatic carbocycles. The van der Waals surface area contributed by atoms with Crippen LogP contribution < -0.4 is 0 Å². The van der Waals surface area contributed by atoms with Crippen molar-refractivity contribution in [3.05, 3.63) is 53.0 Å². The number of morpholine rings is 1. The van der Waals surface area contributed by atoms with Crippen molar-refractivity contribution >= 4 is 22.5 Å². The predicted octanol–water partition coefficient (Wildman–Crippen LogP) is 5.82. The van der Waals surface area contributed by atoms with E-state index in [-0.39, 0.29) is 18.1 Å². The SMILES string of the molecule is Cc1c(-c2[nH]c3ccc(C4CCN(C(=O)CCN5CC(C)OC(C)C5)CC4)cc3c2C(C)C)cn2ncnc2c1C. The van der Waals surface area contributed by atoms with Crippen LogP contribution in [0.15, 0.2) is 30.7 Å². The molecule has 3 aromatic heterocycles. The van der Waals surface area contributed by atoms with Crippen molar-refractivity contribution in [2.45, 2.75) is 84.8 Å². The third-order valence-corrected chi connectivity index (χ3v) is 9.29. The minimum atomic E-state index is 0.236. The Labute approximate surface area is 243 Å². The molecule has 218 valence electrons. The summed E-state index contributed by atoms with van der Waals surface area (Å²) in [5.74, 6) is 1.12. The van der Waals surface area contributed by atoms with Gasteiger partial charge in [0.25, 0.3) is 0 Å². The van der Waals surface area contributed by atoms with Crippen molar-refractivity contribution in [2.75, 3.05) is 32.7 Å². The van der Waals surface area contributed by atoms with E-state index in [0.29, 0.717) is 18.3 Å². The first-order valence-corrected chi connectivity index (χ1v) is 15.3. The van der Waals surface area contributed by atoms with Gasteiger partial charge in [0.2, 0.25) is 5.91 Å². The number of carbonyl (C=O) groups is 1. The second kappa shape index (κ2) is 11.2. The van der Waals surface area contributed by atoms with Crippen molar-refractivity contribution < 1.29 is 9.53 Å². The molecule has 1 amide bonds. The van der Waals surface area contributed by atoms with Crippen molar-refractivity contribution in [1.82, 2.24) is 29.4 Å². The van der Waals surface area contributed by atoms with Crippen LogP contribution in [-0.4, -0.2) is 80.2 Å². The standard InChI is InChI=1S/C33H44N6O2/c1-20(2)31-27-15-26(7-8-29(27)36-32(31)28-18-39-33(34-19-35-39)24(6)23(28)5)25-9-13-38(14-10-25)30(40)11-12-37-16-21(3)41-22(4)17-37/h7-8,15,18-22,25,36H,9-14,16-17H2,1-6H3. The molecular weight excluding hydrogens is 512 g/mol. The molecular formula is C33H44N6O2. The van der Waals surface area contributed by atoms with Gasteiger partial charge in [-0.1, -0.05) is 19.9 Å². The molecule has 1 aromatic carbocycles. The largest absolute Gasteiger partial charge is 0.373 e. The number of benzene rings is 1. The van der Waals surface area contributed by atoms with Crippen molar-refractivity contribution in [3.63, 3.8) is 0 Å². The zero-order valence-electron chi connectivity index (χ0n) is 25.4. The number of piperidine rings is 1. The van der Waals surface area contributed by atoms with Crippen LogP contribution in [0.25, 0.3) is 27.8 Å². The van der Waals surface area contributed by atoms with Gasteiger partial charge in [-0.15, -0.1) is 0 Å². The third kappa shape index (κ3) is 5.40. The summed E-state index contributed by atoms with van der Waals surface area (Å²) in [4.78, 5) is 25.7. The Kier molecular flexibility index (Phi) is 7.64. The Bertz CT molecular complexity index is 1550. The van der Waals surface area contributed by atoms with Gasteiger partial charge in [0.15, 0.2) is 5.65 Å². The molecule has 41 heavy (non-hydrogen) atoms. The van der Waals surface area contributed by atoms with E-state index >= 15 is 0 Å². The van der Waals surface area contributed by atoms with Gasteiger partial charge in [-0.2, -0.15) is 5.10 Å². The first kappa shape index (κ1) is 27.9. The summed E-state index contributed by atoms with van der Waals surface area (Å²) < 4.78 is 7.73. The average molecular weight is 557 g/mol. The molecule has 2 saturated heterocycles. The fourth-order valence-corrected chi connectivity index (χ4v) is 7.09. The minimum Gasteiger partial charge on any atom is -0.373 e. The van der Waals surface area contributed by atoms with Crippen molar-refractivity contribution in [1.29, 1.82) is 0 Å². The smallest absolute Gasteiger partial charge is 0.223 e. The van der Waals surface area contributed by atoms with Crippen LogP contribution in [0.5, 0.6) is 0 Å². The minimum absolute atomic E-state index is 0.236. The first-order chi connectivity index (χ1) is 19.7. The van der Waals surface area contributed by atoms with Crippen LogP contribution >= 0.6 is 0 Å². The Morgan fingerprint density at radius 2 is 1.83 bits per heavy atom. The van der Waals surface area contributed by atoms with E-state index < -0.39 is 0 Å². The summed E-state index contributed by atoms with van der Waals surface area (Å²) in [6, 6.07) is 6.94. The summed E-state index contributed by atoms with van der Waals surface area (Å²) in [7, 11) is 0. The van der Waals surface area contributed by atoms with Gasteiger partial charge in [-0.25, -0.2) is 9.50 Å². The van der Waals surface area contributed by atoms with E-state index in [9.17, 15) is 4.79 Å². The second-order valence-corrected chi connectivity index (χ2v) is 12.6. The normalized spacial score (nSPS) is 21.0. The maximum atomic E-state index is 13.0. The van der Waals surface area contributed by atoms with Gasteiger partial charge < -0.3 is 14.6 Å². The zero-order chi connectivity index (χ0) is 28.8. The maximum Gasteiger partial charge on any atom is 0.223 e. The lowest BCUT2D eigenvalue weighted by Gasteiger charge is -2.36. The zero-order valence-corrected chi connectivity index (χ0v) is 25.4. The van der Waals surface area contributed by atoms with E-state index in [1.54, 1.807) is 6.33 Å². The van der Waals surface area contributed by atoms with Gasteiger partial charge in [-0.05, 0) is 86.8 Å². The Hall–Kier alpha value is -3.23. The molecule has 4 aromatic rings. The quantitative estimate of drug-likeness (QED) is 0.324. The highest BCUT2D eigenvalue weighted by Gasteiger charge is 2.27. The van der Waals surface area contributed by atoms with Crippen molar-refractivity contribution in [3.8, 4) is 11.3 Å². The first-order valence-electron chi connectivity index (χ1n) is 15.3. The van der Waals surface area contributed by atoms with Gasteiger partial charge in [-0.3, -0.25) is 9.69 Å². The van der Waals surface area contributed by atoms with Crippen molar-refractivity contribution in [2.24, 2.45) is 0 Å². The summed E-state index contributed by atoms with van der Waals surface area (Å²) in [6.45, 7) is 17.4. The number of aromatic nitrogens is 4. The number of hydrogen-bond acceptors (Lipinski definition) is 5. The number of aryl methyl sites for hydroxylation is 1. The number of aromatic amines is 1. The molecule has 2 aliphatic heterocycles. The molecule has 6 rings (SSSR count). The molecule has 2 atom stereocenters. The molecule has 8 nitrogen and oxygen atoms in total. The maximum absolute atomic E-state index is 13.0. The summed E-state index contributed by atoms with van der Waals surface area (Å²) in [5.41, 5.74) is 9.55. The molecule has 8 heteroatoms. The number of nitrogens with zero attached hydrogens (tertiary/aromatic N) is 5. The summed E-state index contributed by atoms with van der Waals surface area (Å²) >= 11 is 0. The fraction of sp³-hybridized carbons (Fsp3) is 0.545. The molecule has 1 N–H and O–H groups in total. The van der Waals surface area contributed by atoms with E-state index in [4.69, 9.17) is 4.74 Å². The number of pyridine rings is 1. The van der Waals surface area contributed by atoms with Crippen LogP contribution in [-0.2, 0) is 9.53 Å². The van der Waals surface area contributed by atoms with Crippen LogP contribution in [0.4, 0.5) is 0 Å². The van der Waals surface area contributed by atoms with Crippen LogP contribution in [0.2, 0.25) is 0 Å². The molecule has 0 bridgehead atoms. The lowest BCUT2D eigenvalue weighted by atomic mass is 9.87. The molecule has 0 spiro atoms. The molecule has 2 aliphatic rings. The van der Waals surface area contributed by atoms with Crippen LogP contribution in [0, 0.1) is 13.8 Å². The van der Waals surface area contributed by atoms with Crippen LogP contribution in [0.3, 0.4) is 0 Å². The Morgan fingerprint density at radius 3 is 2.54 bits per heavy atom. The number of likely N-dealkylation sites (tertiary alicyclic amines) is 1. The topological polar surface area (TPSA) is 78.8 Å². The second-order valence-electron chi connectivity index (χ2n) is 12.6. The molecule has 5 heterocycles.